The Labute approximate surface area is 239 Å². The van der Waals surface area contributed by atoms with Crippen LogP contribution in [0.4, 0.5) is 9.59 Å². The van der Waals surface area contributed by atoms with Gasteiger partial charge in [-0.2, -0.15) is 0 Å². The Morgan fingerprint density at radius 2 is 0.949 bits per heavy atom. The molecule has 0 atom stereocenters. The van der Waals surface area contributed by atoms with E-state index in [-0.39, 0.29) is 11.9 Å². The Kier molecular flexibility index (Phi) is 61.1. The number of carbonyl (C=O) groups is 4. The van der Waals surface area contributed by atoms with Crippen molar-refractivity contribution in [1.29, 1.82) is 0 Å². The Balaban J connectivity index is -0.0000000616. The van der Waals surface area contributed by atoms with Crippen LogP contribution in [-0.2, 0) is 42.1 Å². The second-order valence-corrected chi connectivity index (χ2v) is 8.21. The van der Waals surface area contributed by atoms with Crippen LogP contribution in [0.5, 0.6) is 0 Å². The number of ether oxygens (including phenoxy) is 4. The fraction of sp³-hybridized carbons (Fsp3) is 0.762. The summed E-state index contributed by atoms with van der Waals surface area (Å²) in [7, 11) is 13.8. The topological polar surface area (TPSA) is 201 Å². The number of hydrogen-bond donors (Lipinski definition) is 5. The summed E-state index contributed by atoms with van der Waals surface area (Å²) in [4.78, 5) is 39.0. The zero-order chi connectivity index (χ0) is 32.9. The highest BCUT2D eigenvalue weighted by Gasteiger charge is 2.08. The summed E-state index contributed by atoms with van der Waals surface area (Å²) in [5.41, 5.74) is 0. The molecule has 0 unspecified atom stereocenters. The van der Waals surface area contributed by atoms with E-state index in [0.29, 0.717) is 5.17 Å². The molecule has 0 aliphatic heterocycles. The third-order valence-electron chi connectivity index (χ3n) is 2.82. The average Bonchev–Trinajstić information content (AvgIpc) is 2.97. The molecule has 3 amide bonds. The minimum absolute atomic E-state index is 0.00463. The van der Waals surface area contributed by atoms with Crippen molar-refractivity contribution in [1.82, 2.24) is 26.6 Å². The maximum Gasteiger partial charge on any atom is 0.406 e. The van der Waals surface area contributed by atoms with Gasteiger partial charge in [0.1, 0.15) is 0 Å². The van der Waals surface area contributed by atoms with Crippen LogP contribution in [0.25, 0.3) is 0 Å². The molecule has 0 aliphatic carbocycles. The summed E-state index contributed by atoms with van der Waals surface area (Å²) >= 11 is 4.52. The van der Waals surface area contributed by atoms with E-state index < -0.39 is 19.8 Å². The van der Waals surface area contributed by atoms with Gasteiger partial charge in [0.05, 0.1) is 28.4 Å². The van der Waals surface area contributed by atoms with Crippen LogP contribution in [0.2, 0.25) is 0 Å². The highest BCUT2D eigenvalue weighted by atomic mass is 32.1. The number of alkyl carbamates (subject to hydrolysis) is 2. The first-order chi connectivity index (χ1) is 18.0. The van der Waals surface area contributed by atoms with Gasteiger partial charge >= 0.3 is 25.8 Å². The van der Waals surface area contributed by atoms with Gasteiger partial charge in [0, 0.05) is 62.9 Å². The molecule has 5 N–H and O–H groups in total. The van der Waals surface area contributed by atoms with E-state index in [4.69, 9.17) is 0 Å². The van der Waals surface area contributed by atoms with E-state index in [0.717, 1.165) is 6.54 Å². The lowest BCUT2D eigenvalue weighted by Gasteiger charge is -2.04. The maximum atomic E-state index is 10.5. The van der Waals surface area contributed by atoms with Gasteiger partial charge in [0.2, 0.25) is 5.91 Å². The lowest BCUT2D eigenvalue weighted by atomic mass is 10.7. The molecule has 0 fully saturated rings. The molecule has 0 aromatic heterocycles. The fourth-order valence-corrected chi connectivity index (χ4v) is 0.530. The van der Waals surface area contributed by atoms with Crippen molar-refractivity contribution >= 4 is 49.1 Å². The van der Waals surface area contributed by atoms with Gasteiger partial charge in [0.25, 0.3) is 5.17 Å². The van der Waals surface area contributed by atoms with Crippen molar-refractivity contribution in [3.05, 3.63) is 0 Å². The molecule has 238 valence electrons. The van der Waals surface area contributed by atoms with Crippen molar-refractivity contribution in [3.8, 4) is 0 Å². The zero-order valence-corrected chi connectivity index (χ0v) is 27.8. The Bertz CT molecular complexity index is 551. The van der Waals surface area contributed by atoms with Gasteiger partial charge in [-0.15, -0.1) is 0 Å². The summed E-state index contributed by atoms with van der Waals surface area (Å²) in [5.74, 6) is -0.241. The predicted molar refractivity (Wildman–Crippen MR) is 156 cm³/mol. The van der Waals surface area contributed by atoms with Crippen LogP contribution in [0, 0.1) is 0 Å². The molecule has 0 aromatic rings. The Morgan fingerprint density at radius 1 is 0.667 bits per heavy atom. The maximum absolute atomic E-state index is 10.5. The molecule has 0 saturated heterocycles. The minimum atomic E-state index is -2.65. The number of methoxy groups -OCH3 is 4. The molecule has 0 heterocycles. The van der Waals surface area contributed by atoms with E-state index in [1.54, 1.807) is 14.1 Å². The molecule has 0 spiro atoms. The molecule has 0 bridgehead atoms. The molecule has 0 saturated carbocycles. The second kappa shape index (κ2) is 45.2. The summed E-state index contributed by atoms with van der Waals surface area (Å²) in [6.45, 7) is 7.38. The van der Waals surface area contributed by atoms with Crippen LogP contribution in [-0.4, -0.2) is 120 Å². The summed E-state index contributed by atoms with van der Waals surface area (Å²) in [6.07, 6.45) is -0.815. The number of amides is 3. The molecule has 39 heavy (non-hydrogen) atoms. The number of rotatable bonds is 3. The van der Waals surface area contributed by atoms with Crippen molar-refractivity contribution in [2.45, 2.75) is 20.8 Å². The van der Waals surface area contributed by atoms with Crippen LogP contribution >= 0.6 is 19.8 Å². The first kappa shape index (κ1) is 52.7. The molecule has 0 aromatic carbocycles. The molecule has 16 nitrogen and oxygen atoms in total. The zero-order valence-electron chi connectivity index (χ0n) is 26.1. The standard InChI is InChI=1S/2C3H7NO2.C3H7NOS.C3H7NO.C3H9N.C3H9O3P.C3H6O2/c2*1-4-3(5)6-2;1-4-3(6)5-2;1-3(5)4-2;1-3-4-2;1-5-7(3,4)6-2;1-3(4)5-2/h2*1-2H3,(H,4,5);1-2H3,(H,4,6);1-2H3,(H,4,5);4H,3H2,1-2H3;1-3H3;1-2H3. The number of nitrogens with one attached hydrogen (secondary N) is 5. The normalized spacial score (nSPS) is 7.87. The average molecular weight is 614 g/mol. The third-order valence-corrected chi connectivity index (χ3v) is 4.52. The smallest absolute Gasteiger partial charge is 0.406 e. The van der Waals surface area contributed by atoms with Gasteiger partial charge in [-0.25, -0.2) is 9.59 Å². The number of hydrogen-bond acceptors (Lipinski definition) is 13. The lowest BCUT2D eigenvalue weighted by molar-refractivity contribution is -0.138. The lowest BCUT2D eigenvalue weighted by Crippen LogP contribution is -2.16. The minimum Gasteiger partial charge on any atom is -0.474 e. The van der Waals surface area contributed by atoms with Gasteiger partial charge in [-0.3, -0.25) is 14.2 Å². The predicted octanol–water partition coefficient (Wildman–Crippen LogP) is 1.34. The monoisotopic (exact) mass is 613 g/mol. The number of esters is 1. The van der Waals surface area contributed by atoms with Crippen LogP contribution in [0.15, 0.2) is 0 Å². The first-order valence-corrected chi connectivity index (χ1v) is 13.2. The molecule has 0 aliphatic rings. The number of thiocarbonyl (C=S) groups is 1. The molecule has 0 radical (unpaired) electrons. The van der Waals surface area contributed by atoms with Crippen molar-refractivity contribution < 1.29 is 51.7 Å². The van der Waals surface area contributed by atoms with Crippen LogP contribution in [0.3, 0.4) is 0 Å². The Hall–Kier alpha value is -2.72. The quantitative estimate of drug-likeness (QED) is 0.132. The Morgan fingerprint density at radius 3 is 0.949 bits per heavy atom. The van der Waals surface area contributed by atoms with E-state index in [1.165, 1.54) is 77.3 Å². The molecular formula is C21H52N5O11PS. The van der Waals surface area contributed by atoms with Crippen molar-refractivity contribution in [2.24, 2.45) is 0 Å². The van der Waals surface area contributed by atoms with E-state index in [9.17, 15) is 23.7 Å². The van der Waals surface area contributed by atoms with Gasteiger partial charge in [-0.05, 0) is 25.8 Å². The van der Waals surface area contributed by atoms with Crippen LogP contribution < -0.4 is 26.6 Å². The number of carbonyl (C=O) groups excluding carboxylic acids is 4. The van der Waals surface area contributed by atoms with E-state index in [1.807, 2.05) is 7.05 Å². The van der Waals surface area contributed by atoms with Gasteiger partial charge < -0.3 is 54.6 Å². The largest absolute Gasteiger partial charge is 0.474 e. The second-order valence-electron chi connectivity index (χ2n) is 5.57. The van der Waals surface area contributed by atoms with Gasteiger partial charge in [0.15, 0.2) is 0 Å². The van der Waals surface area contributed by atoms with Crippen molar-refractivity contribution in [2.75, 3.05) is 91.1 Å². The van der Waals surface area contributed by atoms with Gasteiger partial charge in [-0.1, -0.05) is 6.92 Å². The summed E-state index contributed by atoms with van der Waals surface area (Å²) in [5, 5.41) is 12.9. The fourth-order valence-electron chi connectivity index (χ4n) is 0.381. The van der Waals surface area contributed by atoms with Crippen LogP contribution in [0.1, 0.15) is 20.8 Å². The SMILES string of the molecule is CCNC.CNC(=O)OC.CNC(=O)OC.CNC(=S)OC.CNC(C)=O.COC(C)=O.COP(C)(=O)OC. The molecule has 0 rings (SSSR count). The molecule has 18 heteroatoms. The summed E-state index contributed by atoms with van der Waals surface area (Å²) in [6, 6.07) is 0. The highest BCUT2D eigenvalue weighted by molar-refractivity contribution is 7.80. The molecular weight excluding hydrogens is 561 g/mol. The first-order valence-electron chi connectivity index (χ1n) is 10.8. The van der Waals surface area contributed by atoms with Crippen molar-refractivity contribution in [3.63, 3.8) is 0 Å². The van der Waals surface area contributed by atoms with E-state index >= 15 is 0 Å². The highest BCUT2D eigenvalue weighted by Crippen LogP contribution is 2.40. The third kappa shape index (κ3) is 95.0. The van der Waals surface area contributed by atoms with E-state index in [2.05, 4.69) is 73.7 Å². The summed E-state index contributed by atoms with van der Waals surface area (Å²) < 4.78 is 36.3.